The molecule has 1 atom stereocenters. The molecular weight excluding hydrogens is 258 g/mol. The average molecular weight is 281 g/mol. The van der Waals surface area contributed by atoms with Crippen molar-refractivity contribution in [1.29, 1.82) is 0 Å². The lowest BCUT2D eigenvalue weighted by Crippen LogP contribution is -2.48. The van der Waals surface area contributed by atoms with Gasteiger partial charge in [0.2, 0.25) is 0 Å². The van der Waals surface area contributed by atoms with Gasteiger partial charge in [0.05, 0.1) is 20.3 Å². The van der Waals surface area contributed by atoms with E-state index < -0.39 is 5.54 Å². The number of carbonyl (C=O) groups excluding carboxylic acids is 1. The fourth-order valence-electron chi connectivity index (χ4n) is 1.90. The second-order valence-corrected chi connectivity index (χ2v) is 4.50. The van der Waals surface area contributed by atoms with Crippen molar-refractivity contribution in [3.63, 3.8) is 0 Å². The molecule has 5 heteroatoms. The van der Waals surface area contributed by atoms with E-state index in [1.165, 1.54) is 0 Å². The van der Waals surface area contributed by atoms with Gasteiger partial charge in [-0.3, -0.25) is 5.32 Å². The Morgan fingerprint density at radius 2 is 2.10 bits per heavy atom. The smallest absolute Gasteiger partial charge is 0.330 e. The Morgan fingerprint density at radius 1 is 1.35 bits per heavy atom. The zero-order valence-corrected chi connectivity index (χ0v) is 12.6. The van der Waals surface area contributed by atoms with Gasteiger partial charge in [-0.25, -0.2) is 4.79 Å². The molecule has 1 rings (SSSR count). The molecular formula is C15H23NO4. The second-order valence-electron chi connectivity index (χ2n) is 4.50. The first-order valence-corrected chi connectivity index (χ1v) is 6.64. The highest BCUT2D eigenvalue weighted by atomic mass is 16.5. The number of esters is 1. The van der Waals surface area contributed by atoms with Crippen LogP contribution in [0.5, 0.6) is 5.75 Å². The monoisotopic (exact) mass is 281 g/mol. The molecule has 0 aliphatic carbocycles. The van der Waals surface area contributed by atoms with E-state index in [2.05, 4.69) is 5.32 Å². The first-order chi connectivity index (χ1) is 9.58. The van der Waals surface area contributed by atoms with E-state index in [0.717, 1.165) is 5.56 Å². The number of methoxy groups -OCH3 is 2. The summed E-state index contributed by atoms with van der Waals surface area (Å²) in [6, 6.07) is 7.39. The fourth-order valence-corrected chi connectivity index (χ4v) is 1.90. The predicted molar refractivity (Wildman–Crippen MR) is 76.9 cm³/mol. The summed E-state index contributed by atoms with van der Waals surface area (Å²) in [5, 5.41) is 3.19. The van der Waals surface area contributed by atoms with Crippen molar-refractivity contribution >= 4 is 5.97 Å². The third-order valence-electron chi connectivity index (χ3n) is 3.12. The number of rotatable bonds is 8. The topological polar surface area (TPSA) is 56.8 Å². The minimum absolute atomic E-state index is 0.315. The molecule has 0 fully saturated rings. The molecule has 0 heterocycles. The van der Waals surface area contributed by atoms with Crippen LogP contribution >= 0.6 is 0 Å². The molecule has 0 aliphatic heterocycles. The number of carbonyl (C=O) groups is 1. The average Bonchev–Trinajstić information content (AvgIpc) is 2.47. The highest BCUT2D eigenvalue weighted by Gasteiger charge is 2.36. The van der Waals surface area contributed by atoms with Crippen LogP contribution in [0.1, 0.15) is 19.4 Å². The van der Waals surface area contributed by atoms with Crippen LogP contribution in [0.25, 0.3) is 0 Å². The first-order valence-electron chi connectivity index (χ1n) is 6.64. The summed E-state index contributed by atoms with van der Waals surface area (Å²) in [4.78, 5) is 12.3. The van der Waals surface area contributed by atoms with E-state index in [0.29, 0.717) is 25.5 Å². The molecule has 1 aromatic rings. The Hall–Kier alpha value is -1.59. The van der Waals surface area contributed by atoms with Gasteiger partial charge in [-0.2, -0.15) is 0 Å². The Labute approximate surface area is 120 Å². The van der Waals surface area contributed by atoms with Crippen molar-refractivity contribution in [2.24, 2.45) is 0 Å². The number of hydrogen-bond donors (Lipinski definition) is 1. The van der Waals surface area contributed by atoms with Gasteiger partial charge in [0.1, 0.15) is 11.3 Å². The largest absolute Gasteiger partial charge is 0.497 e. The zero-order chi connectivity index (χ0) is 15.0. The van der Waals surface area contributed by atoms with E-state index in [1.807, 2.05) is 24.3 Å². The molecule has 0 spiro atoms. The van der Waals surface area contributed by atoms with Crippen LogP contribution in [0.3, 0.4) is 0 Å². The molecule has 112 valence electrons. The van der Waals surface area contributed by atoms with Crippen LogP contribution < -0.4 is 10.1 Å². The van der Waals surface area contributed by atoms with E-state index in [1.54, 1.807) is 28.1 Å². The van der Waals surface area contributed by atoms with Crippen LogP contribution in [0.4, 0.5) is 0 Å². The van der Waals surface area contributed by atoms with Crippen molar-refractivity contribution in [2.45, 2.75) is 19.4 Å². The maximum atomic E-state index is 12.3. The molecule has 1 unspecified atom stereocenters. The minimum Gasteiger partial charge on any atom is -0.497 e. The summed E-state index contributed by atoms with van der Waals surface area (Å²) in [6.07, 6.45) is 0. The number of hydrogen-bond acceptors (Lipinski definition) is 5. The van der Waals surface area contributed by atoms with Gasteiger partial charge < -0.3 is 14.2 Å². The van der Waals surface area contributed by atoms with Gasteiger partial charge in [-0.15, -0.1) is 0 Å². The van der Waals surface area contributed by atoms with E-state index in [-0.39, 0.29) is 5.97 Å². The highest BCUT2D eigenvalue weighted by Crippen LogP contribution is 2.26. The molecule has 0 aliphatic rings. The van der Waals surface area contributed by atoms with Gasteiger partial charge in [-0.05, 0) is 31.5 Å². The summed E-state index contributed by atoms with van der Waals surface area (Å²) in [7, 11) is 3.22. The van der Waals surface area contributed by atoms with Crippen LogP contribution in [0, 0.1) is 0 Å². The molecule has 5 nitrogen and oxygen atoms in total. The molecule has 0 amide bonds. The molecule has 0 saturated carbocycles. The molecule has 1 N–H and O–H groups in total. The third kappa shape index (κ3) is 3.95. The lowest BCUT2D eigenvalue weighted by Gasteiger charge is -2.29. The van der Waals surface area contributed by atoms with Gasteiger partial charge in [0.25, 0.3) is 0 Å². The third-order valence-corrected chi connectivity index (χ3v) is 3.12. The first kappa shape index (κ1) is 16.5. The summed E-state index contributed by atoms with van der Waals surface area (Å²) < 4.78 is 15.4. The Kier molecular flexibility index (Phi) is 6.48. The molecule has 20 heavy (non-hydrogen) atoms. The minimum atomic E-state index is -0.928. The van der Waals surface area contributed by atoms with Gasteiger partial charge in [-0.1, -0.05) is 12.1 Å². The lowest BCUT2D eigenvalue weighted by molar-refractivity contribution is -0.151. The van der Waals surface area contributed by atoms with Gasteiger partial charge >= 0.3 is 5.97 Å². The number of benzene rings is 1. The maximum absolute atomic E-state index is 12.3. The van der Waals surface area contributed by atoms with Crippen molar-refractivity contribution in [3.8, 4) is 5.75 Å². The molecule has 1 aromatic carbocycles. The van der Waals surface area contributed by atoms with Crippen LogP contribution in [0.2, 0.25) is 0 Å². The van der Waals surface area contributed by atoms with E-state index in [9.17, 15) is 4.79 Å². The molecule has 0 radical (unpaired) electrons. The van der Waals surface area contributed by atoms with Crippen LogP contribution in [-0.2, 0) is 19.8 Å². The van der Waals surface area contributed by atoms with E-state index >= 15 is 0 Å². The molecule has 0 saturated heterocycles. The van der Waals surface area contributed by atoms with E-state index in [4.69, 9.17) is 14.2 Å². The number of nitrogens with one attached hydrogen (secondary N) is 1. The quantitative estimate of drug-likeness (QED) is 0.580. The van der Waals surface area contributed by atoms with Crippen molar-refractivity contribution < 1.29 is 19.0 Å². The Bertz CT molecular complexity index is 436. The van der Waals surface area contributed by atoms with Crippen LogP contribution in [-0.4, -0.2) is 39.9 Å². The van der Waals surface area contributed by atoms with Crippen molar-refractivity contribution in [1.82, 2.24) is 5.32 Å². The highest BCUT2D eigenvalue weighted by molar-refractivity contribution is 5.82. The lowest BCUT2D eigenvalue weighted by atomic mass is 9.91. The SMILES string of the molecule is CCOC(=O)C(C)(NCCOC)c1cccc(OC)c1. The summed E-state index contributed by atoms with van der Waals surface area (Å²) in [5.41, 5.74) is -0.130. The maximum Gasteiger partial charge on any atom is 0.330 e. The summed E-state index contributed by atoms with van der Waals surface area (Å²) in [5.74, 6) is 0.385. The van der Waals surface area contributed by atoms with Crippen molar-refractivity contribution in [3.05, 3.63) is 29.8 Å². The Balaban J connectivity index is 3.04. The van der Waals surface area contributed by atoms with Crippen molar-refractivity contribution in [2.75, 3.05) is 34.0 Å². The van der Waals surface area contributed by atoms with Gasteiger partial charge in [0.15, 0.2) is 0 Å². The zero-order valence-electron chi connectivity index (χ0n) is 12.6. The van der Waals surface area contributed by atoms with Crippen LogP contribution in [0.15, 0.2) is 24.3 Å². The normalized spacial score (nSPS) is 13.6. The fraction of sp³-hybridized carbons (Fsp3) is 0.533. The number of ether oxygens (including phenoxy) is 3. The Morgan fingerprint density at radius 3 is 2.70 bits per heavy atom. The molecule has 0 aromatic heterocycles. The standard InChI is InChI=1S/C15H23NO4/c1-5-20-14(17)15(2,16-9-10-18-3)12-7-6-8-13(11-12)19-4/h6-8,11,16H,5,9-10H2,1-4H3. The summed E-state index contributed by atoms with van der Waals surface area (Å²) >= 11 is 0. The predicted octanol–water partition coefficient (Wildman–Crippen LogP) is 1.71. The summed E-state index contributed by atoms with van der Waals surface area (Å²) in [6.45, 7) is 4.99. The second kappa shape index (κ2) is 7.87. The van der Waals surface area contributed by atoms with Gasteiger partial charge in [0, 0.05) is 13.7 Å². The molecule has 0 bridgehead atoms.